The number of aromatic nitrogens is 4. The van der Waals surface area contributed by atoms with Gasteiger partial charge >= 0.3 is 0 Å². The summed E-state index contributed by atoms with van der Waals surface area (Å²) in [6.45, 7) is 3.04. The van der Waals surface area contributed by atoms with Crippen molar-refractivity contribution in [1.29, 1.82) is 0 Å². The molecule has 0 saturated carbocycles. The van der Waals surface area contributed by atoms with Gasteiger partial charge in [-0.2, -0.15) is 0 Å². The number of pyridine rings is 2. The molecule has 8 nitrogen and oxygen atoms in total. The van der Waals surface area contributed by atoms with Crippen LogP contribution in [0.2, 0.25) is 0 Å². The summed E-state index contributed by atoms with van der Waals surface area (Å²) in [5, 5.41) is 3.07. The number of imidazole rings is 1. The first kappa shape index (κ1) is 18.3. The van der Waals surface area contributed by atoms with Gasteiger partial charge in [0.1, 0.15) is 18.2 Å². The highest BCUT2D eigenvalue weighted by Gasteiger charge is 2.29. The van der Waals surface area contributed by atoms with Crippen molar-refractivity contribution in [3.8, 4) is 5.82 Å². The molecule has 0 aliphatic carbocycles. The second-order valence-corrected chi connectivity index (χ2v) is 6.51. The van der Waals surface area contributed by atoms with Gasteiger partial charge in [-0.05, 0) is 17.7 Å². The van der Waals surface area contributed by atoms with Gasteiger partial charge in [-0.25, -0.2) is 9.97 Å². The third kappa shape index (κ3) is 4.08. The van der Waals surface area contributed by atoms with Crippen molar-refractivity contribution in [2.45, 2.75) is 12.6 Å². The fraction of sp³-hybridized carbons (Fsp3) is 0.300. The molecule has 8 heteroatoms. The number of rotatable bonds is 6. The highest BCUT2D eigenvalue weighted by atomic mass is 16.5. The van der Waals surface area contributed by atoms with E-state index in [1.807, 2.05) is 35.0 Å². The Labute approximate surface area is 163 Å². The molecule has 28 heavy (non-hydrogen) atoms. The summed E-state index contributed by atoms with van der Waals surface area (Å²) in [6.07, 6.45) is 10.4. The van der Waals surface area contributed by atoms with Crippen LogP contribution in [0.1, 0.15) is 17.2 Å². The molecule has 3 aromatic heterocycles. The molecule has 0 bridgehead atoms. The Kier molecular flexibility index (Phi) is 5.69. The fourth-order valence-corrected chi connectivity index (χ4v) is 3.37. The largest absolute Gasteiger partial charge is 0.379 e. The Morgan fingerprint density at radius 2 is 2.00 bits per heavy atom. The molecule has 144 valence electrons. The molecule has 1 saturated heterocycles. The topological polar surface area (TPSA) is 85.2 Å². The van der Waals surface area contributed by atoms with E-state index in [1.54, 1.807) is 31.1 Å². The maximum atomic E-state index is 13.2. The molecular formula is C20H22N6O2. The van der Waals surface area contributed by atoms with Crippen LogP contribution < -0.4 is 5.32 Å². The molecule has 0 radical (unpaired) electrons. The highest BCUT2D eigenvalue weighted by molar-refractivity contribution is 5.83. The van der Waals surface area contributed by atoms with E-state index in [4.69, 9.17) is 4.74 Å². The highest BCUT2D eigenvalue weighted by Crippen LogP contribution is 2.22. The second kappa shape index (κ2) is 8.73. The normalized spacial score (nSPS) is 15.9. The SMILES string of the molecule is O=C(NCc1cccnc1-n1ccnc1)[C@H](c1cccnc1)N1CCOCC1. The standard InChI is InChI=1S/C20H22N6O2/c27-20(18(16-3-1-5-21-13-16)25-9-11-28-12-10-25)24-14-17-4-2-6-23-19(17)26-8-7-22-15-26/h1-8,13,15,18H,9-12,14H2,(H,24,27)/t18-/m0/s1. The molecule has 4 rings (SSSR count). The first-order valence-electron chi connectivity index (χ1n) is 9.24. The van der Waals surface area contributed by atoms with Crippen LogP contribution in [0.25, 0.3) is 5.82 Å². The van der Waals surface area contributed by atoms with Crippen molar-refractivity contribution >= 4 is 5.91 Å². The number of nitrogens with zero attached hydrogens (tertiary/aromatic N) is 5. The predicted molar refractivity (Wildman–Crippen MR) is 103 cm³/mol. The molecule has 1 atom stereocenters. The predicted octanol–water partition coefficient (Wildman–Crippen LogP) is 1.35. The summed E-state index contributed by atoms with van der Waals surface area (Å²) in [7, 11) is 0. The number of hydrogen-bond acceptors (Lipinski definition) is 6. The lowest BCUT2D eigenvalue weighted by Crippen LogP contribution is -2.45. The zero-order chi connectivity index (χ0) is 19.2. The van der Waals surface area contributed by atoms with E-state index in [-0.39, 0.29) is 5.91 Å². The minimum atomic E-state index is -0.397. The first-order chi connectivity index (χ1) is 13.8. The van der Waals surface area contributed by atoms with Gasteiger partial charge in [0.05, 0.1) is 13.2 Å². The Morgan fingerprint density at radius 3 is 2.75 bits per heavy atom. The van der Waals surface area contributed by atoms with E-state index < -0.39 is 6.04 Å². The number of carbonyl (C=O) groups excluding carboxylic acids is 1. The number of carbonyl (C=O) groups is 1. The summed E-state index contributed by atoms with van der Waals surface area (Å²) in [4.78, 5) is 28.0. The molecule has 1 aliphatic rings. The first-order valence-corrected chi connectivity index (χ1v) is 9.24. The lowest BCUT2D eigenvalue weighted by atomic mass is 10.1. The molecule has 0 unspecified atom stereocenters. The zero-order valence-electron chi connectivity index (χ0n) is 15.4. The van der Waals surface area contributed by atoms with E-state index in [2.05, 4.69) is 25.2 Å². The third-order valence-electron chi connectivity index (χ3n) is 4.73. The Morgan fingerprint density at radius 1 is 1.14 bits per heavy atom. The summed E-state index contributed by atoms with van der Waals surface area (Å²) in [6, 6.07) is 7.21. The van der Waals surface area contributed by atoms with Crippen LogP contribution in [0.5, 0.6) is 0 Å². The summed E-state index contributed by atoms with van der Waals surface area (Å²) in [5.41, 5.74) is 1.80. The van der Waals surface area contributed by atoms with Crippen molar-refractivity contribution in [3.63, 3.8) is 0 Å². The maximum absolute atomic E-state index is 13.2. The van der Waals surface area contributed by atoms with Crippen LogP contribution in [0.3, 0.4) is 0 Å². The molecule has 4 heterocycles. The molecule has 1 N–H and O–H groups in total. The second-order valence-electron chi connectivity index (χ2n) is 6.51. The lowest BCUT2D eigenvalue weighted by molar-refractivity contribution is -0.128. The van der Waals surface area contributed by atoms with Crippen molar-refractivity contribution in [2.24, 2.45) is 0 Å². The van der Waals surface area contributed by atoms with E-state index in [0.29, 0.717) is 32.8 Å². The zero-order valence-corrected chi connectivity index (χ0v) is 15.4. The van der Waals surface area contributed by atoms with Crippen molar-refractivity contribution < 1.29 is 9.53 Å². The lowest BCUT2D eigenvalue weighted by Gasteiger charge is -2.33. The average molecular weight is 378 g/mol. The number of morpholine rings is 1. The fourth-order valence-electron chi connectivity index (χ4n) is 3.37. The van der Waals surface area contributed by atoms with Gasteiger partial charge in [0.2, 0.25) is 5.91 Å². The number of nitrogens with one attached hydrogen (secondary N) is 1. The summed E-state index contributed by atoms with van der Waals surface area (Å²) >= 11 is 0. The van der Waals surface area contributed by atoms with Gasteiger partial charge in [-0.3, -0.25) is 19.2 Å². The molecule has 3 aromatic rings. The number of ether oxygens (including phenoxy) is 1. The average Bonchev–Trinajstić information content (AvgIpc) is 3.29. The van der Waals surface area contributed by atoms with Gasteiger partial charge in [0.15, 0.2) is 0 Å². The van der Waals surface area contributed by atoms with Crippen molar-refractivity contribution in [2.75, 3.05) is 26.3 Å². The molecule has 1 amide bonds. The van der Waals surface area contributed by atoms with Crippen LogP contribution in [0.15, 0.2) is 61.6 Å². The smallest absolute Gasteiger partial charge is 0.242 e. The molecule has 0 aromatic carbocycles. The van der Waals surface area contributed by atoms with E-state index in [9.17, 15) is 4.79 Å². The van der Waals surface area contributed by atoms with Gasteiger partial charge in [-0.1, -0.05) is 12.1 Å². The van der Waals surface area contributed by atoms with Gasteiger partial charge in [0.25, 0.3) is 0 Å². The van der Waals surface area contributed by atoms with E-state index >= 15 is 0 Å². The van der Waals surface area contributed by atoms with E-state index in [0.717, 1.165) is 16.9 Å². The quantitative estimate of drug-likeness (QED) is 0.697. The molecular weight excluding hydrogens is 356 g/mol. The number of hydrogen-bond donors (Lipinski definition) is 1. The number of amides is 1. The molecule has 1 aliphatic heterocycles. The Bertz CT molecular complexity index is 894. The minimum absolute atomic E-state index is 0.0599. The molecule has 0 spiro atoms. The van der Waals surface area contributed by atoms with Crippen molar-refractivity contribution in [3.05, 3.63) is 72.7 Å². The Balaban J connectivity index is 1.53. The monoisotopic (exact) mass is 378 g/mol. The molecule has 1 fully saturated rings. The summed E-state index contributed by atoms with van der Waals surface area (Å²) in [5.74, 6) is 0.694. The van der Waals surface area contributed by atoms with Crippen LogP contribution in [0.4, 0.5) is 0 Å². The maximum Gasteiger partial charge on any atom is 0.242 e. The van der Waals surface area contributed by atoms with Gasteiger partial charge in [-0.15, -0.1) is 0 Å². The van der Waals surface area contributed by atoms with Crippen LogP contribution >= 0.6 is 0 Å². The third-order valence-corrected chi connectivity index (χ3v) is 4.73. The minimum Gasteiger partial charge on any atom is -0.379 e. The summed E-state index contributed by atoms with van der Waals surface area (Å²) < 4.78 is 7.28. The van der Waals surface area contributed by atoms with Gasteiger partial charge in [0, 0.05) is 56.2 Å². The van der Waals surface area contributed by atoms with Crippen LogP contribution in [-0.2, 0) is 16.1 Å². The Hall–Kier alpha value is -3.10. The van der Waals surface area contributed by atoms with Gasteiger partial charge < -0.3 is 10.1 Å². The van der Waals surface area contributed by atoms with E-state index in [1.165, 1.54) is 0 Å². The van der Waals surface area contributed by atoms with Crippen LogP contribution in [0, 0.1) is 0 Å². The van der Waals surface area contributed by atoms with Crippen molar-refractivity contribution in [1.82, 2.24) is 29.7 Å². The van der Waals surface area contributed by atoms with Crippen LogP contribution in [-0.4, -0.2) is 56.6 Å².